The van der Waals surface area contributed by atoms with Gasteiger partial charge in [-0.3, -0.25) is 4.79 Å². The molecule has 2 rings (SSSR count). The third-order valence-corrected chi connectivity index (χ3v) is 3.94. The van der Waals surface area contributed by atoms with Crippen LogP contribution in [-0.2, 0) is 0 Å². The van der Waals surface area contributed by atoms with E-state index in [-0.39, 0.29) is 17.9 Å². The van der Waals surface area contributed by atoms with Gasteiger partial charge in [0.2, 0.25) is 0 Å². The maximum atomic E-state index is 12.3. The van der Waals surface area contributed by atoms with Crippen LogP contribution in [0.3, 0.4) is 0 Å². The first-order valence-corrected chi connectivity index (χ1v) is 7.16. The molecular weight excluding hydrogens is 252 g/mol. The van der Waals surface area contributed by atoms with Gasteiger partial charge in [0.1, 0.15) is 0 Å². The fraction of sp³-hybridized carbons (Fsp3) is 0.500. The highest BCUT2D eigenvalue weighted by atomic mass is 16.2. The Bertz CT molecular complexity index is 496. The number of nitrogens with one attached hydrogen (secondary N) is 1. The molecule has 1 aliphatic heterocycles. The second kappa shape index (κ2) is 6.07. The van der Waals surface area contributed by atoms with Crippen molar-refractivity contribution < 1.29 is 9.59 Å². The van der Waals surface area contributed by atoms with Crippen molar-refractivity contribution in [2.45, 2.75) is 39.7 Å². The molecule has 4 nitrogen and oxygen atoms in total. The van der Waals surface area contributed by atoms with Gasteiger partial charge in [0.15, 0.2) is 5.78 Å². The highest BCUT2D eigenvalue weighted by Gasteiger charge is 2.26. The molecule has 1 aromatic carbocycles. The molecule has 0 spiro atoms. The van der Waals surface area contributed by atoms with Crippen molar-refractivity contribution in [3.63, 3.8) is 0 Å². The van der Waals surface area contributed by atoms with E-state index < -0.39 is 0 Å². The number of benzene rings is 1. The van der Waals surface area contributed by atoms with Gasteiger partial charge in [0.25, 0.3) is 0 Å². The Morgan fingerprint density at radius 3 is 2.40 bits per heavy atom. The van der Waals surface area contributed by atoms with E-state index in [1.54, 1.807) is 24.3 Å². The first-order valence-electron chi connectivity index (χ1n) is 7.16. The molecule has 20 heavy (non-hydrogen) atoms. The van der Waals surface area contributed by atoms with Crippen molar-refractivity contribution in [2.75, 3.05) is 11.9 Å². The lowest BCUT2D eigenvalue weighted by molar-refractivity contribution is 0.101. The Balaban J connectivity index is 1.99. The fourth-order valence-electron chi connectivity index (χ4n) is 2.69. The van der Waals surface area contributed by atoms with Crippen LogP contribution in [0.15, 0.2) is 24.3 Å². The Morgan fingerprint density at radius 2 is 1.85 bits per heavy atom. The van der Waals surface area contributed by atoms with E-state index in [4.69, 9.17) is 0 Å². The second-order valence-electron chi connectivity index (χ2n) is 5.74. The minimum atomic E-state index is -0.0556. The average molecular weight is 274 g/mol. The van der Waals surface area contributed by atoms with Crippen LogP contribution >= 0.6 is 0 Å². The largest absolute Gasteiger partial charge is 0.322 e. The van der Waals surface area contributed by atoms with Gasteiger partial charge in [-0.1, -0.05) is 6.92 Å². The number of piperidine rings is 1. The summed E-state index contributed by atoms with van der Waals surface area (Å²) in [6.07, 6.45) is 2.11. The zero-order chi connectivity index (χ0) is 14.7. The van der Waals surface area contributed by atoms with E-state index in [9.17, 15) is 9.59 Å². The third kappa shape index (κ3) is 3.38. The number of ketones is 1. The number of likely N-dealkylation sites (tertiary alicyclic amines) is 1. The Labute approximate surface area is 120 Å². The Morgan fingerprint density at radius 1 is 1.20 bits per heavy atom. The number of amides is 2. The summed E-state index contributed by atoms with van der Waals surface area (Å²) in [7, 11) is 0. The van der Waals surface area contributed by atoms with Crippen LogP contribution < -0.4 is 5.32 Å². The topological polar surface area (TPSA) is 49.4 Å². The molecule has 108 valence electrons. The molecule has 2 amide bonds. The molecule has 1 saturated heterocycles. The van der Waals surface area contributed by atoms with Crippen LogP contribution in [-0.4, -0.2) is 29.3 Å². The molecule has 0 radical (unpaired) electrons. The van der Waals surface area contributed by atoms with Gasteiger partial charge in [0, 0.05) is 23.8 Å². The first kappa shape index (κ1) is 14.6. The molecule has 1 aliphatic rings. The number of hydrogen-bond acceptors (Lipinski definition) is 2. The SMILES string of the molecule is CC(=O)c1ccc(NC(=O)N2CC[C@@H](C)C[C@H]2C)cc1. The van der Waals surface area contributed by atoms with E-state index in [1.807, 2.05) is 4.90 Å². The summed E-state index contributed by atoms with van der Waals surface area (Å²) in [5.41, 5.74) is 1.38. The quantitative estimate of drug-likeness (QED) is 0.838. The van der Waals surface area contributed by atoms with Gasteiger partial charge < -0.3 is 10.2 Å². The molecule has 1 aromatic rings. The van der Waals surface area contributed by atoms with Gasteiger partial charge in [-0.2, -0.15) is 0 Å². The summed E-state index contributed by atoms with van der Waals surface area (Å²) in [5, 5.41) is 2.90. The van der Waals surface area contributed by atoms with Crippen LogP contribution in [0.4, 0.5) is 10.5 Å². The lowest BCUT2D eigenvalue weighted by Gasteiger charge is -2.36. The number of rotatable bonds is 2. The van der Waals surface area contributed by atoms with E-state index in [1.165, 1.54) is 6.92 Å². The van der Waals surface area contributed by atoms with E-state index in [0.29, 0.717) is 11.5 Å². The summed E-state index contributed by atoms with van der Waals surface area (Å²) in [6.45, 7) is 6.66. The Kier molecular flexibility index (Phi) is 4.42. The van der Waals surface area contributed by atoms with E-state index in [0.717, 1.165) is 25.1 Å². The number of nitrogens with zero attached hydrogens (tertiary/aromatic N) is 1. The average Bonchev–Trinajstić information content (AvgIpc) is 2.39. The molecular formula is C16H22N2O2. The van der Waals surface area contributed by atoms with Crippen molar-refractivity contribution in [3.8, 4) is 0 Å². The van der Waals surface area contributed by atoms with Crippen LogP contribution in [0.1, 0.15) is 44.0 Å². The van der Waals surface area contributed by atoms with Crippen molar-refractivity contribution in [1.82, 2.24) is 4.90 Å². The summed E-state index contributed by atoms with van der Waals surface area (Å²) in [6, 6.07) is 7.23. The molecule has 0 saturated carbocycles. The first-order chi connectivity index (χ1) is 9.47. The molecule has 1 heterocycles. The zero-order valence-electron chi connectivity index (χ0n) is 12.3. The van der Waals surface area contributed by atoms with Crippen LogP contribution in [0.2, 0.25) is 0 Å². The molecule has 0 aromatic heterocycles. The summed E-state index contributed by atoms with van der Waals surface area (Å²) < 4.78 is 0. The molecule has 0 bridgehead atoms. The summed E-state index contributed by atoms with van der Waals surface area (Å²) >= 11 is 0. The third-order valence-electron chi connectivity index (χ3n) is 3.94. The highest BCUT2D eigenvalue weighted by molar-refractivity contribution is 5.95. The lowest BCUT2D eigenvalue weighted by Crippen LogP contribution is -2.46. The predicted octanol–water partition coefficient (Wildman–Crippen LogP) is 3.54. The predicted molar refractivity (Wildman–Crippen MR) is 80.0 cm³/mol. The minimum absolute atomic E-state index is 0.0292. The van der Waals surface area contributed by atoms with E-state index >= 15 is 0 Å². The molecule has 1 N–H and O–H groups in total. The standard InChI is InChI=1S/C16H22N2O2/c1-11-8-9-18(12(2)10-11)16(20)17-15-6-4-14(5-7-15)13(3)19/h4-7,11-12H,8-10H2,1-3H3,(H,17,20)/t11-,12-/m1/s1. The highest BCUT2D eigenvalue weighted by Crippen LogP contribution is 2.23. The van der Waals surface area contributed by atoms with Crippen molar-refractivity contribution in [1.29, 1.82) is 0 Å². The second-order valence-corrected chi connectivity index (χ2v) is 5.74. The maximum absolute atomic E-state index is 12.3. The number of carbonyl (C=O) groups is 2. The summed E-state index contributed by atoms with van der Waals surface area (Å²) in [5.74, 6) is 0.713. The number of anilines is 1. The molecule has 2 atom stereocenters. The monoisotopic (exact) mass is 274 g/mol. The normalized spacial score (nSPS) is 22.4. The van der Waals surface area contributed by atoms with Gasteiger partial charge in [-0.15, -0.1) is 0 Å². The number of carbonyl (C=O) groups excluding carboxylic acids is 2. The van der Waals surface area contributed by atoms with Crippen molar-refractivity contribution >= 4 is 17.5 Å². The number of Topliss-reactive ketones (excluding diaryl/α,β-unsaturated/α-hetero) is 1. The molecule has 1 fully saturated rings. The molecule has 0 unspecified atom stereocenters. The zero-order valence-corrected chi connectivity index (χ0v) is 12.3. The van der Waals surface area contributed by atoms with E-state index in [2.05, 4.69) is 19.2 Å². The van der Waals surface area contributed by atoms with Crippen LogP contribution in [0.25, 0.3) is 0 Å². The van der Waals surface area contributed by atoms with Gasteiger partial charge in [-0.25, -0.2) is 4.79 Å². The van der Waals surface area contributed by atoms with Gasteiger partial charge in [-0.05, 0) is 56.9 Å². The van der Waals surface area contributed by atoms with Gasteiger partial charge in [0.05, 0.1) is 0 Å². The minimum Gasteiger partial charge on any atom is -0.322 e. The van der Waals surface area contributed by atoms with Crippen molar-refractivity contribution in [3.05, 3.63) is 29.8 Å². The summed E-state index contributed by atoms with van der Waals surface area (Å²) in [4.78, 5) is 25.3. The molecule has 0 aliphatic carbocycles. The lowest BCUT2D eigenvalue weighted by atomic mass is 9.94. The fourth-order valence-corrected chi connectivity index (χ4v) is 2.69. The smallest absolute Gasteiger partial charge is 0.322 e. The number of urea groups is 1. The number of hydrogen-bond donors (Lipinski definition) is 1. The molecule has 4 heteroatoms. The van der Waals surface area contributed by atoms with Crippen molar-refractivity contribution in [2.24, 2.45) is 5.92 Å². The van der Waals surface area contributed by atoms with Crippen LogP contribution in [0, 0.1) is 5.92 Å². The van der Waals surface area contributed by atoms with Crippen LogP contribution in [0.5, 0.6) is 0 Å². The maximum Gasteiger partial charge on any atom is 0.322 e. The van der Waals surface area contributed by atoms with Gasteiger partial charge >= 0.3 is 6.03 Å². The Hall–Kier alpha value is -1.84.